The van der Waals surface area contributed by atoms with Crippen LogP contribution in [0.5, 0.6) is 0 Å². The predicted octanol–water partition coefficient (Wildman–Crippen LogP) is 0.856. The van der Waals surface area contributed by atoms with E-state index in [0.29, 0.717) is 17.5 Å². The predicted molar refractivity (Wildman–Crippen MR) is 96.1 cm³/mol. The quantitative estimate of drug-likeness (QED) is 0.809. The minimum absolute atomic E-state index is 0.0655. The van der Waals surface area contributed by atoms with Crippen LogP contribution in [0.3, 0.4) is 0 Å². The molecule has 0 radical (unpaired) electrons. The van der Waals surface area contributed by atoms with Gasteiger partial charge in [-0.3, -0.25) is 14.6 Å². The average molecular weight is 373 g/mol. The van der Waals surface area contributed by atoms with E-state index in [1.54, 1.807) is 42.6 Å². The van der Waals surface area contributed by atoms with Crippen molar-refractivity contribution in [3.05, 3.63) is 66.0 Å². The molecule has 0 bridgehead atoms. The molecule has 2 aromatic rings. The number of aromatic nitrogens is 1. The van der Waals surface area contributed by atoms with Gasteiger partial charge >= 0.3 is 0 Å². The van der Waals surface area contributed by atoms with Crippen LogP contribution in [0, 0.1) is 0 Å². The van der Waals surface area contributed by atoms with Crippen molar-refractivity contribution in [2.45, 2.75) is 18.5 Å². The van der Waals surface area contributed by atoms with Crippen LogP contribution in [0.15, 0.2) is 54.9 Å². The number of amides is 2. The minimum atomic E-state index is -3.11. The summed E-state index contributed by atoms with van der Waals surface area (Å²) in [6.45, 7) is 0. The van der Waals surface area contributed by atoms with Crippen LogP contribution in [0.4, 0.5) is 0 Å². The molecule has 1 fully saturated rings. The second-order valence-corrected chi connectivity index (χ2v) is 8.40. The second-order valence-electron chi connectivity index (χ2n) is 6.17. The first-order chi connectivity index (χ1) is 12.4. The number of nitrogens with one attached hydrogen (secondary N) is 2. The summed E-state index contributed by atoms with van der Waals surface area (Å²) in [5.41, 5.74) is 0.952. The summed E-state index contributed by atoms with van der Waals surface area (Å²) < 4.78 is 23.2. The van der Waals surface area contributed by atoms with E-state index in [-0.39, 0.29) is 11.5 Å². The van der Waals surface area contributed by atoms with Crippen LogP contribution in [0.2, 0.25) is 0 Å². The molecule has 2 amide bonds. The van der Waals surface area contributed by atoms with Gasteiger partial charge in [0.1, 0.15) is 6.04 Å². The maximum Gasteiger partial charge on any atom is 0.253 e. The van der Waals surface area contributed by atoms with Crippen LogP contribution in [-0.2, 0) is 14.6 Å². The van der Waals surface area contributed by atoms with Gasteiger partial charge in [0, 0.05) is 18.4 Å². The highest BCUT2D eigenvalue weighted by Gasteiger charge is 2.32. The molecule has 26 heavy (non-hydrogen) atoms. The van der Waals surface area contributed by atoms with Gasteiger partial charge in [0.2, 0.25) is 5.91 Å². The highest BCUT2D eigenvalue weighted by molar-refractivity contribution is 7.91. The summed E-state index contributed by atoms with van der Waals surface area (Å²) in [5.74, 6) is -0.871. The van der Waals surface area contributed by atoms with Gasteiger partial charge in [-0.25, -0.2) is 8.42 Å². The molecule has 1 aliphatic rings. The number of carbonyl (C=O) groups is 2. The van der Waals surface area contributed by atoms with Crippen LogP contribution >= 0.6 is 0 Å². The molecule has 7 nitrogen and oxygen atoms in total. The highest BCUT2D eigenvalue weighted by atomic mass is 32.2. The molecule has 1 saturated heterocycles. The summed E-state index contributed by atoms with van der Waals surface area (Å²) in [7, 11) is -3.11. The normalized spacial score (nSPS) is 19.5. The first-order valence-electron chi connectivity index (χ1n) is 8.21. The lowest BCUT2D eigenvalue weighted by atomic mass is 10.0. The number of nitrogens with zero attached hydrogens (tertiary/aromatic N) is 1. The van der Waals surface area contributed by atoms with Crippen molar-refractivity contribution in [2.75, 3.05) is 11.5 Å². The number of benzene rings is 1. The van der Waals surface area contributed by atoms with E-state index in [4.69, 9.17) is 0 Å². The average Bonchev–Trinajstić information content (AvgIpc) is 2.99. The number of sulfone groups is 1. The van der Waals surface area contributed by atoms with Gasteiger partial charge in [-0.15, -0.1) is 0 Å². The molecule has 0 saturated carbocycles. The maximum atomic E-state index is 12.7. The number of hydrogen-bond acceptors (Lipinski definition) is 5. The van der Waals surface area contributed by atoms with Crippen LogP contribution < -0.4 is 10.6 Å². The molecule has 2 N–H and O–H groups in total. The number of pyridine rings is 1. The fourth-order valence-corrected chi connectivity index (χ4v) is 4.52. The van der Waals surface area contributed by atoms with Crippen molar-refractivity contribution in [1.29, 1.82) is 0 Å². The molecule has 0 unspecified atom stereocenters. The molecular weight excluding hydrogens is 354 g/mol. The standard InChI is InChI=1S/C18H19N3O4S/c22-17(14-7-4-9-19-11-14)21-16(13-5-2-1-3-6-13)18(23)20-15-8-10-26(24,25)12-15/h1-7,9,11,15-16H,8,10,12H2,(H,20,23)(H,21,22)/t15-,16-/m1/s1. The van der Waals surface area contributed by atoms with Gasteiger partial charge in [-0.05, 0) is 24.1 Å². The van der Waals surface area contributed by atoms with Crippen molar-refractivity contribution in [1.82, 2.24) is 15.6 Å². The van der Waals surface area contributed by atoms with Gasteiger partial charge in [0.05, 0.1) is 17.1 Å². The van der Waals surface area contributed by atoms with Crippen molar-refractivity contribution in [2.24, 2.45) is 0 Å². The Morgan fingerprint density at radius 1 is 1.12 bits per heavy atom. The van der Waals surface area contributed by atoms with Gasteiger partial charge in [0.25, 0.3) is 5.91 Å². The van der Waals surface area contributed by atoms with E-state index in [9.17, 15) is 18.0 Å². The topological polar surface area (TPSA) is 105 Å². The third kappa shape index (κ3) is 4.45. The largest absolute Gasteiger partial charge is 0.350 e. The third-order valence-corrected chi connectivity index (χ3v) is 5.94. The zero-order chi connectivity index (χ0) is 18.6. The Morgan fingerprint density at radius 2 is 1.88 bits per heavy atom. The van der Waals surface area contributed by atoms with Gasteiger partial charge in [0.15, 0.2) is 9.84 Å². The first kappa shape index (κ1) is 18.1. The maximum absolute atomic E-state index is 12.7. The van der Waals surface area contributed by atoms with E-state index in [1.165, 1.54) is 6.20 Å². The van der Waals surface area contributed by atoms with E-state index in [0.717, 1.165) is 0 Å². The Balaban J connectivity index is 1.77. The zero-order valence-corrected chi connectivity index (χ0v) is 14.8. The number of carbonyl (C=O) groups excluding carboxylic acids is 2. The van der Waals surface area contributed by atoms with Gasteiger partial charge < -0.3 is 10.6 Å². The van der Waals surface area contributed by atoms with E-state index in [2.05, 4.69) is 15.6 Å². The first-order valence-corrected chi connectivity index (χ1v) is 10.0. The SMILES string of the molecule is O=C(N[C@@H](C(=O)N[C@@H]1CCS(=O)(=O)C1)c1ccccc1)c1cccnc1. The highest BCUT2D eigenvalue weighted by Crippen LogP contribution is 2.17. The molecule has 1 aliphatic heterocycles. The lowest BCUT2D eigenvalue weighted by Crippen LogP contribution is -2.44. The number of rotatable bonds is 5. The molecule has 8 heteroatoms. The molecule has 0 spiro atoms. The second kappa shape index (κ2) is 7.65. The molecular formula is C18H19N3O4S. The molecule has 2 atom stereocenters. The van der Waals surface area contributed by atoms with E-state index in [1.807, 2.05) is 6.07 Å². The Kier molecular flexibility index (Phi) is 5.32. The minimum Gasteiger partial charge on any atom is -0.350 e. The third-order valence-electron chi connectivity index (χ3n) is 4.17. The smallest absolute Gasteiger partial charge is 0.253 e. The van der Waals surface area contributed by atoms with Crippen LogP contribution in [0.1, 0.15) is 28.4 Å². The summed E-state index contributed by atoms with van der Waals surface area (Å²) in [6.07, 6.45) is 3.35. The van der Waals surface area contributed by atoms with Gasteiger partial charge in [-0.1, -0.05) is 30.3 Å². The molecule has 136 valence electrons. The summed E-state index contributed by atoms with van der Waals surface area (Å²) >= 11 is 0. The Bertz CT molecular complexity index is 885. The fraction of sp³-hybridized carbons (Fsp3) is 0.278. The Hall–Kier alpha value is -2.74. The lowest BCUT2D eigenvalue weighted by molar-refractivity contribution is -0.123. The molecule has 1 aromatic heterocycles. The van der Waals surface area contributed by atoms with Crippen molar-refractivity contribution < 1.29 is 18.0 Å². The molecule has 2 heterocycles. The summed E-state index contributed by atoms with van der Waals surface area (Å²) in [4.78, 5) is 29.1. The fourth-order valence-electron chi connectivity index (χ4n) is 2.85. The zero-order valence-electron chi connectivity index (χ0n) is 14.0. The van der Waals surface area contributed by atoms with Crippen molar-refractivity contribution in [3.8, 4) is 0 Å². The monoisotopic (exact) mass is 373 g/mol. The summed E-state index contributed by atoms with van der Waals surface area (Å²) in [6, 6.07) is 10.7. The van der Waals surface area contributed by atoms with Crippen molar-refractivity contribution >= 4 is 21.7 Å². The van der Waals surface area contributed by atoms with E-state index >= 15 is 0 Å². The molecule has 0 aliphatic carbocycles. The lowest BCUT2D eigenvalue weighted by Gasteiger charge is -2.21. The van der Waals surface area contributed by atoms with Gasteiger partial charge in [-0.2, -0.15) is 0 Å². The molecule has 3 rings (SSSR count). The Morgan fingerprint density at radius 3 is 2.50 bits per heavy atom. The molecule has 1 aromatic carbocycles. The number of hydrogen-bond donors (Lipinski definition) is 2. The van der Waals surface area contributed by atoms with Crippen LogP contribution in [0.25, 0.3) is 0 Å². The van der Waals surface area contributed by atoms with E-state index < -0.39 is 33.7 Å². The van der Waals surface area contributed by atoms with Crippen molar-refractivity contribution in [3.63, 3.8) is 0 Å². The van der Waals surface area contributed by atoms with Crippen LogP contribution in [-0.4, -0.2) is 42.8 Å². The summed E-state index contributed by atoms with van der Waals surface area (Å²) in [5, 5.41) is 5.45. The Labute approximate surface area is 151 Å².